The highest BCUT2D eigenvalue weighted by Gasteiger charge is 2.15. The molecule has 0 amide bonds. The molecule has 0 radical (unpaired) electrons. The summed E-state index contributed by atoms with van der Waals surface area (Å²) in [6.07, 6.45) is 5.71. The van der Waals surface area contributed by atoms with E-state index in [4.69, 9.17) is 25.2 Å². The monoisotopic (exact) mass is 479 g/mol. The highest BCUT2D eigenvalue weighted by Crippen LogP contribution is 2.27. The molecule has 0 saturated carbocycles. The van der Waals surface area contributed by atoms with Gasteiger partial charge in [-0.2, -0.15) is 15.5 Å². The molecule has 1 aliphatic rings. The Kier molecular flexibility index (Phi) is 8.25. The van der Waals surface area contributed by atoms with Crippen LogP contribution in [0.3, 0.4) is 0 Å². The van der Waals surface area contributed by atoms with E-state index in [1.165, 1.54) is 6.08 Å². The van der Waals surface area contributed by atoms with Crippen LogP contribution >= 0.6 is 0 Å². The molecule has 0 bridgehead atoms. The third-order valence-corrected chi connectivity index (χ3v) is 5.91. The Morgan fingerprint density at radius 3 is 2.50 bits per heavy atom. The second-order valence-electron chi connectivity index (χ2n) is 8.77. The van der Waals surface area contributed by atoms with Crippen molar-refractivity contribution in [1.82, 2.24) is 15.3 Å². The van der Waals surface area contributed by atoms with Crippen LogP contribution < -0.4 is 16.0 Å². The number of nitrogens with zero attached hydrogens (tertiary/aromatic N) is 4. The van der Waals surface area contributed by atoms with E-state index in [1.54, 1.807) is 18.2 Å². The lowest BCUT2D eigenvalue weighted by Gasteiger charge is -2.16. The Morgan fingerprint density at radius 2 is 1.83 bits per heavy atom. The van der Waals surface area contributed by atoms with Gasteiger partial charge in [-0.1, -0.05) is 0 Å². The predicted molar refractivity (Wildman–Crippen MR) is 141 cm³/mol. The molecule has 1 aromatic heterocycles. The van der Waals surface area contributed by atoms with Gasteiger partial charge in [0.05, 0.1) is 29.5 Å². The van der Waals surface area contributed by atoms with E-state index in [9.17, 15) is 0 Å². The number of nitriles is 2. The first-order valence-electron chi connectivity index (χ1n) is 12.0. The van der Waals surface area contributed by atoms with Crippen molar-refractivity contribution >= 4 is 29.2 Å². The first kappa shape index (κ1) is 24.9. The molecule has 1 atom stereocenters. The Labute approximate surface area is 211 Å². The van der Waals surface area contributed by atoms with E-state index in [1.807, 2.05) is 50.2 Å². The van der Waals surface area contributed by atoms with Gasteiger partial charge in [0.15, 0.2) is 0 Å². The second-order valence-corrected chi connectivity index (χ2v) is 8.77. The Bertz CT molecular complexity index is 1290. The number of aromatic nitrogens is 2. The molecular formula is C28H29N7O. The number of anilines is 4. The third kappa shape index (κ3) is 6.67. The maximum Gasteiger partial charge on any atom is 0.229 e. The van der Waals surface area contributed by atoms with Gasteiger partial charge in [-0.3, -0.25) is 0 Å². The maximum atomic E-state index is 9.06. The van der Waals surface area contributed by atoms with Crippen molar-refractivity contribution < 1.29 is 4.74 Å². The molecule has 182 valence electrons. The summed E-state index contributed by atoms with van der Waals surface area (Å²) in [6, 6.07) is 17.3. The number of aryl methyl sites for hydroxylation is 2. The van der Waals surface area contributed by atoms with Crippen LogP contribution in [0.2, 0.25) is 0 Å². The molecule has 8 nitrogen and oxygen atoms in total. The Morgan fingerprint density at radius 1 is 1.06 bits per heavy atom. The van der Waals surface area contributed by atoms with Crippen molar-refractivity contribution in [3.8, 4) is 12.1 Å². The minimum Gasteiger partial charge on any atom is -0.377 e. The van der Waals surface area contributed by atoms with E-state index in [2.05, 4.69) is 22.0 Å². The molecular weight excluding hydrogens is 450 g/mol. The molecule has 0 spiro atoms. The summed E-state index contributed by atoms with van der Waals surface area (Å²) in [6.45, 7) is 6.24. The fourth-order valence-corrected chi connectivity index (χ4v) is 4.18. The standard InChI is InChI=1S/C28H29N7O/c1-19-13-22(5-3-11-29)14-20(2)27(19)34-26-15-24(17-31-18-25-6-4-12-36-25)33-28(35-26)32-23-9-7-21(16-30)8-10-23/h3,5,7-10,13-15,25,31H,4,6,12,17-18H2,1-2H3,(H2,32,33,34,35)/b5-3+. The van der Waals surface area contributed by atoms with Gasteiger partial charge < -0.3 is 20.7 Å². The molecule has 1 unspecified atom stereocenters. The average Bonchev–Trinajstić information content (AvgIpc) is 3.39. The van der Waals surface area contributed by atoms with Gasteiger partial charge >= 0.3 is 0 Å². The average molecular weight is 480 g/mol. The minimum atomic E-state index is 0.250. The molecule has 2 heterocycles. The molecule has 0 aliphatic carbocycles. The lowest BCUT2D eigenvalue weighted by atomic mass is 10.0. The predicted octanol–water partition coefficient (Wildman–Crippen LogP) is 5.26. The highest BCUT2D eigenvalue weighted by molar-refractivity contribution is 5.69. The summed E-state index contributed by atoms with van der Waals surface area (Å²) in [4.78, 5) is 9.40. The summed E-state index contributed by atoms with van der Waals surface area (Å²) in [7, 11) is 0. The van der Waals surface area contributed by atoms with Crippen LogP contribution in [0, 0.1) is 36.5 Å². The summed E-state index contributed by atoms with van der Waals surface area (Å²) in [5.41, 5.74) is 6.26. The van der Waals surface area contributed by atoms with Gasteiger partial charge in [-0.25, -0.2) is 4.98 Å². The van der Waals surface area contributed by atoms with Crippen LogP contribution in [0.5, 0.6) is 0 Å². The first-order chi connectivity index (χ1) is 17.5. The number of nitrogens with one attached hydrogen (secondary N) is 3. The Hall–Kier alpha value is -4.24. The molecule has 36 heavy (non-hydrogen) atoms. The van der Waals surface area contributed by atoms with Crippen LogP contribution in [0.1, 0.15) is 40.8 Å². The number of hydrogen-bond acceptors (Lipinski definition) is 8. The van der Waals surface area contributed by atoms with Crippen LogP contribution in [-0.4, -0.2) is 29.2 Å². The van der Waals surface area contributed by atoms with Gasteiger partial charge in [0.2, 0.25) is 5.95 Å². The van der Waals surface area contributed by atoms with Crippen molar-refractivity contribution in [2.75, 3.05) is 23.8 Å². The quantitative estimate of drug-likeness (QED) is 0.356. The van der Waals surface area contributed by atoms with E-state index in [0.717, 1.165) is 59.8 Å². The van der Waals surface area contributed by atoms with Crippen molar-refractivity contribution in [3.63, 3.8) is 0 Å². The van der Waals surface area contributed by atoms with Crippen molar-refractivity contribution in [3.05, 3.63) is 76.5 Å². The number of hydrogen-bond donors (Lipinski definition) is 3. The van der Waals surface area contributed by atoms with Crippen LogP contribution in [0.4, 0.5) is 23.1 Å². The van der Waals surface area contributed by atoms with Gasteiger partial charge in [-0.05, 0) is 85.9 Å². The van der Waals surface area contributed by atoms with Gasteiger partial charge in [0, 0.05) is 43.2 Å². The van der Waals surface area contributed by atoms with Crippen molar-refractivity contribution in [2.24, 2.45) is 0 Å². The summed E-state index contributed by atoms with van der Waals surface area (Å²) in [5.74, 6) is 1.13. The number of allylic oxidation sites excluding steroid dienone is 1. The Balaban J connectivity index is 1.57. The molecule has 1 aliphatic heterocycles. The van der Waals surface area contributed by atoms with Crippen LogP contribution in [0.15, 0.2) is 48.5 Å². The third-order valence-electron chi connectivity index (χ3n) is 5.91. The fraction of sp³-hybridized carbons (Fsp3) is 0.286. The lowest BCUT2D eigenvalue weighted by molar-refractivity contribution is 0.110. The maximum absolute atomic E-state index is 9.06. The van der Waals surface area contributed by atoms with Crippen molar-refractivity contribution in [2.45, 2.75) is 39.3 Å². The molecule has 3 N–H and O–H groups in total. The number of rotatable bonds is 9. The molecule has 1 saturated heterocycles. The largest absolute Gasteiger partial charge is 0.377 e. The van der Waals surface area contributed by atoms with Gasteiger partial charge in [0.25, 0.3) is 0 Å². The summed E-state index contributed by atoms with van der Waals surface area (Å²) >= 11 is 0. The van der Waals surface area contributed by atoms with E-state index >= 15 is 0 Å². The minimum absolute atomic E-state index is 0.250. The van der Waals surface area contributed by atoms with Gasteiger partial charge in [-0.15, -0.1) is 0 Å². The molecule has 4 rings (SSSR count). The highest BCUT2D eigenvalue weighted by atomic mass is 16.5. The number of benzene rings is 2. The number of ether oxygens (including phenoxy) is 1. The van der Waals surface area contributed by atoms with E-state index < -0.39 is 0 Å². The smallest absolute Gasteiger partial charge is 0.229 e. The van der Waals surface area contributed by atoms with Crippen molar-refractivity contribution in [1.29, 1.82) is 10.5 Å². The lowest BCUT2D eigenvalue weighted by Crippen LogP contribution is -2.26. The van der Waals surface area contributed by atoms with Gasteiger partial charge in [0.1, 0.15) is 5.82 Å². The SMILES string of the molecule is Cc1cc(/C=C/C#N)cc(C)c1Nc1cc(CNCC2CCCO2)nc(Nc2ccc(C#N)cc2)n1. The molecule has 1 fully saturated rings. The van der Waals surface area contributed by atoms with Crippen LogP contribution in [-0.2, 0) is 11.3 Å². The second kappa shape index (κ2) is 11.9. The van der Waals surface area contributed by atoms with Crippen LogP contribution in [0.25, 0.3) is 6.08 Å². The normalized spacial score (nSPS) is 14.9. The zero-order chi connectivity index (χ0) is 25.3. The summed E-state index contributed by atoms with van der Waals surface area (Å²) < 4.78 is 5.71. The first-order valence-corrected chi connectivity index (χ1v) is 12.0. The molecule has 8 heteroatoms. The molecule has 3 aromatic rings. The fourth-order valence-electron chi connectivity index (χ4n) is 4.18. The zero-order valence-corrected chi connectivity index (χ0v) is 20.5. The van der Waals surface area contributed by atoms with E-state index in [-0.39, 0.29) is 6.10 Å². The molecule has 2 aromatic carbocycles. The topological polar surface area (TPSA) is 119 Å². The van der Waals surface area contributed by atoms with E-state index in [0.29, 0.717) is 23.9 Å². The zero-order valence-electron chi connectivity index (χ0n) is 20.5. The summed E-state index contributed by atoms with van der Waals surface area (Å²) in [5, 5.41) is 28.1.